The molecule has 2 heteroatoms. The minimum absolute atomic E-state index is 0.335. The third-order valence-corrected chi connectivity index (χ3v) is 3.87. The van der Waals surface area contributed by atoms with E-state index in [0.717, 1.165) is 13.1 Å². The molecule has 1 saturated heterocycles. The van der Waals surface area contributed by atoms with Gasteiger partial charge >= 0.3 is 0 Å². The summed E-state index contributed by atoms with van der Waals surface area (Å²) in [5.74, 6) is 0. The number of piperidine rings is 1. The molecule has 0 bridgehead atoms. The van der Waals surface area contributed by atoms with Crippen molar-refractivity contribution in [2.24, 2.45) is 0 Å². The highest BCUT2D eigenvalue weighted by Gasteiger charge is 2.28. The molecular weight excluding hydrogens is 196 g/mol. The highest BCUT2D eigenvalue weighted by molar-refractivity contribution is 5.48. The summed E-state index contributed by atoms with van der Waals surface area (Å²) >= 11 is 0. The van der Waals surface area contributed by atoms with Crippen molar-refractivity contribution in [1.82, 2.24) is 5.32 Å². The van der Waals surface area contributed by atoms with Gasteiger partial charge in [-0.1, -0.05) is 17.7 Å². The fourth-order valence-electron chi connectivity index (χ4n) is 2.26. The first kappa shape index (κ1) is 11.5. The Morgan fingerprint density at radius 3 is 2.19 bits per heavy atom. The predicted octanol–water partition coefficient (Wildman–Crippen LogP) is 2.57. The monoisotopic (exact) mass is 218 g/mol. The van der Waals surface area contributed by atoms with E-state index in [1.54, 1.807) is 0 Å². The van der Waals surface area contributed by atoms with Gasteiger partial charge in [0.05, 0.1) is 0 Å². The lowest BCUT2D eigenvalue weighted by Crippen LogP contribution is -2.50. The number of benzene rings is 1. The second-order valence-corrected chi connectivity index (χ2v) is 5.13. The molecule has 1 aliphatic heterocycles. The summed E-state index contributed by atoms with van der Waals surface area (Å²) in [7, 11) is 2.07. The first-order valence-corrected chi connectivity index (χ1v) is 6.13. The third kappa shape index (κ3) is 2.38. The summed E-state index contributed by atoms with van der Waals surface area (Å²) in [6.07, 6.45) is 2.44. The van der Waals surface area contributed by atoms with E-state index in [9.17, 15) is 0 Å². The second kappa shape index (κ2) is 4.46. The highest BCUT2D eigenvalue weighted by Crippen LogP contribution is 2.25. The minimum Gasteiger partial charge on any atom is -0.371 e. The van der Waals surface area contributed by atoms with E-state index in [-0.39, 0.29) is 0 Å². The van der Waals surface area contributed by atoms with Crippen LogP contribution in [-0.4, -0.2) is 25.7 Å². The molecule has 0 aliphatic carbocycles. The number of aryl methyl sites for hydroxylation is 1. The Labute approximate surface area is 98.7 Å². The van der Waals surface area contributed by atoms with Gasteiger partial charge in [-0.3, -0.25) is 0 Å². The van der Waals surface area contributed by atoms with Crippen molar-refractivity contribution in [3.8, 4) is 0 Å². The normalized spacial score (nSPS) is 19.8. The van der Waals surface area contributed by atoms with Crippen molar-refractivity contribution < 1.29 is 0 Å². The molecule has 0 spiro atoms. The van der Waals surface area contributed by atoms with Crippen LogP contribution < -0.4 is 10.2 Å². The topological polar surface area (TPSA) is 15.3 Å². The van der Waals surface area contributed by atoms with Crippen LogP contribution in [-0.2, 0) is 0 Å². The first-order chi connectivity index (χ1) is 7.63. The average Bonchev–Trinajstić information content (AvgIpc) is 2.32. The van der Waals surface area contributed by atoms with Crippen molar-refractivity contribution in [3.63, 3.8) is 0 Å². The molecule has 0 unspecified atom stereocenters. The molecule has 1 aliphatic rings. The molecule has 16 heavy (non-hydrogen) atoms. The zero-order valence-electron chi connectivity index (χ0n) is 10.6. The fourth-order valence-corrected chi connectivity index (χ4v) is 2.26. The quantitative estimate of drug-likeness (QED) is 0.820. The molecule has 88 valence electrons. The van der Waals surface area contributed by atoms with E-state index < -0.39 is 0 Å². The SMILES string of the molecule is CNC1(C)CCN(c2ccc(C)cc2)CC1. The Balaban J connectivity index is 2.01. The van der Waals surface area contributed by atoms with Gasteiger partial charge in [0.25, 0.3) is 0 Å². The van der Waals surface area contributed by atoms with Gasteiger partial charge in [0.2, 0.25) is 0 Å². The maximum atomic E-state index is 3.43. The summed E-state index contributed by atoms with van der Waals surface area (Å²) in [6.45, 7) is 6.76. The molecule has 1 aromatic carbocycles. The summed E-state index contributed by atoms with van der Waals surface area (Å²) < 4.78 is 0. The highest BCUT2D eigenvalue weighted by atomic mass is 15.2. The van der Waals surface area contributed by atoms with Crippen LogP contribution in [0.15, 0.2) is 24.3 Å². The molecule has 1 heterocycles. The number of rotatable bonds is 2. The van der Waals surface area contributed by atoms with E-state index in [2.05, 4.69) is 55.4 Å². The van der Waals surface area contributed by atoms with Gasteiger partial charge in [0.15, 0.2) is 0 Å². The number of nitrogens with one attached hydrogen (secondary N) is 1. The molecule has 2 nitrogen and oxygen atoms in total. The van der Waals surface area contributed by atoms with Crippen molar-refractivity contribution in [3.05, 3.63) is 29.8 Å². The molecule has 1 aromatic rings. The molecule has 1 fully saturated rings. The smallest absolute Gasteiger partial charge is 0.0366 e. The molecule has 0 saturated carbocycles. The van der Waals surface area contributed by atoms with Gasteiger partial charge in [-0.25, -0.2) is 0 Å². The standard InChI is InChI=1S/C14H22N2/c1-12-4-6-13(7-5-12)16-10-8-14(2,15-3)9-11-16/h4-7,15H,8-11H2,1-3H3. The van der Waals surface area contributed by atoms with Gasteiger partial charge in [-0.15, -0.1) is 0 Å². The average molecular weight is 218 g/mol. The number of nitrogens with zero attached hydrogens (tertiary/aromatic N) is 1. The van der Waals surface area contributed by atoms with Crippen molar-refractivity contribution in [1.29, 1.82) is 0 Å². The second-order valence-electron chi connectivity index (χ2n) is 5.13. The Morgan fingerprint density at radius 1 is 1.12 bits per heavy atom. The van der Waals surface area contributed by atoms with Crippen molar-refractivity contribution in [2.45, 2.75) is 32.2 Å². The maximum Gasteiger partial charge on any atom is 0.0366 e. The van der Waals surface area contributed by atoms with Gasteiger partial charge in [0.1, 0.15) is 0 Å². The van der Waals surface area contributed by atoms with E-state index in [1.165, 1.54) is 24.1 Å². The zero-order chi connectivity index (χ0) is 11.6. The minimum atomic E-state index is 0.335. The van der Waals surface area contributed by atoms with Crippen molar-refractivity contribution in [2.75, 3.05) is 25.0 Å². The number of anilines is 1. The predicted molar refractivity (Wildman–Crippen MR) is 70.1 cm³/mol. The van der Waals surface area contributed by atoms with Gasteiger partial charge < -0.3 is 10.2 Å². The molecule has 0 aromatic heterocycles. The Morgan fingerprint density at radius 2 is 1.69 bits per heavy atom. The number of hydrogen-bond donors (Lipinski definition) is 1. The molecular formula is C14H22N2. The summed E-state index contributed by atoms with van der Waals surface area (Å²) in [5, 5.41) is 3.43. The van der Waals surface area contributed by atoms with Crippen LogP contribution in [0.3, 0.4) is 0 Å². The molecule has 0 amide bonds. The van der Waals surface area contributed by atoms with Crippen LogP contribution in [0.4, 0.5) is 5.69 Å². The van der Waals surface area contributed by atoms with E-state index in [1.807, 2.05) is 0 Å². The van der Waals surface area contributed by atoms with E-state index in [4.69, 9.17) is 0 Å². The van der Waals surface area contributed by atoms with Crippen LogP contribution in [0.5, 0.6) is 0 Å². The van der Waals surface area contributed by atoms with E-state index in [0.29, 0.717) is 5.54 Å². The van der Waals surface area contributed by atoms with Crippen molar-refractivity contribution >= 4 is 5.69 Å². The Kier molecular flexibility index (Phi) is 3.20. The third-order valence-electron chi connectivity index (χ3n) is 3.87. The summed E-state index contributed by atoms with van der Waals surface area (Å²) in [6, 6.07) is 8.86. The van der Waals surface area contributed by atoms with Crippen LogP contribution in [0.2, 0.25) is 0 Å². The molecule has 0 atom stereocenters. The Hall–Kier alpha value is -1.02. The lowest BCUT2D eigenvalue weighted by Gasteiger charge is -2.40. The lowest BCUT2D eigenvalue weighted by atomic mass is 9.89. The first-order valence-electron chi connectivity index (χ1n) is 6.13. The summed E-state index contributed by atoms with van der Waals surface area (Å²) in [4.78, 5) is 2.48. The maximum absolute atomic E-state index is 3.43. The summed E-state index contributed by atoms with van der Waals surface area (Å²) in [5.41, 5.74) is 3.03. The van der Waals surface area contributed by atoms with Crippen LogP contribution in [0.25, 0.3) is 0 Å². The van der Waals surface area contributed by atoms with Crippen LogP contribution in [0.1, 0.15) is 25.3 Å². The lowest BCUT2D eigenvalue weighted by molar-refractivity contribution is 0.305. The molecule has 0 radical (unpaired) electrons. The Bertz CT molecular complexity index is 334. The largest absolute Gasteiger partial charge is 0.371 e. The zero-order valence-corrected chi connectivity index (χ0v) is 10.6. The van der Waals surface area contributed by atoms with Gasteiger partial charge in [-0.2, -0.15) is 0 Å². The van der Waals surface area contributed by atoms with E-state index >= 15 is 0 Å². The van der Waals surface area contributed by atoms with Crippen LogP contribution in [0, 0.1) is 6.92 Å². The fraction of sp³-hybridized carbons (Fsp3) is 0.571. The molecule has 2 rings (SSSR count). The van der Waals surface area contributed by atoms with Gasteiger partial charge in [-0.05, 0) is 45.9 Å². The molecule has 1 N–H and O–H groups in total. The van der Waals surface area contributed by atoms with Crippen LogP contribution >= 0.6 is 0 Å². The number of hydrogen-bond acceptors (Lipinski definition) is 2. The van der Waals surface area contributed by atoms with Gasteiger partial charge in [0, 0.05) is 24.3 Å².